The zero-order valence-electron chi connectivity index (χ0n) is 11.5. The van der Waals surface area contributed by atoms with E-state index in [1.807, 2.05) is 30.3 Å². The number of halogens is 1. The van der Waals surface area contributed by atoms with Gasteiger partial charge >= 0.3 is 0 Å². The second-order valence-electron chi connectivity index (χ2n) is 4.94. The van der Waals surface area contributed by atoms with Gasteiger partial charge in [0.15, 0.2) is 0 Å². The molecule has 106 valence electrons. The Hall–Kier alpha value is -1.91. The summed E-state index contributed by atoms with van der Waals surface area (Å²) >= 11 is 0. The summed E-state index contributed by atoms with van der Waals surface area (Å²) in [5.41, 5.74) is 6.04. The van der Waals surface area contributed by atoms with Gasteiger partial charge in [-0.25, -0.2) is 4.39 Å². The van der Waals surface area contributed by atoms with Crippen LogP contribution >= 0.6 is 0 Å². The van der Waals surface area contributed by atoms with Gasteiger partial charge in [-0.05, 0) is 23.8 Å². The lowest BCUT2D eigenvalue weighted by atomic mass is 9.93. The number of likely N-dealkylation sites (N-methyl/N-ethyl adjacent to an activating group) is 1. The van der Waals surface area contributed by atoms with Gasteiger partial charge < -0.3 is 15.7 Å². The zero-order chi connectivity index (χ0) is 14.6. The van der Waals surface area contributed by atoms with Crippen molar-refractivity contribution >= 4 is 5.69 Å². The molecule has 2 aromatic carbocycles. The molecule has 0 fully saturated rings. The molecule has 0 aromatic heterocycles. The molecule has 3 N–H and O–H groups in total. The summed E-state index contributed by atoms with van der Waals surface area (Å²) in [5, 5.41) is 10.7. The molecule has 20 heavy (non-hydrogen) atoms. The van der Waals surface area contributed by atoms with E-state index in [-0.39, 0.29) is 18.9 Å². The molecule has 0 bridgehead atoms. The highest BCUT2D eigenvalue weighted by atomic mass is 19.1. The van der Waals surface area contributed by atoms with Crippen molar-refractivity contribution in [3.63, 3.8) is 0 Å². The van der Waals surface area contributed by atoms with Gasteiger partial charge in [-0.15, -0.1) is 0 Å². The van der Waals surface area contributed by atoms with Gasteiger partial charge in [0.25, 0.3) is 0 Å². The molecule has 0 amide bonds. The minimum absolute atomic E-state index is 0.0939. The maximum atomic E-state index is 13.3. The average molecular weight is 274 g/mol. The molecule has 0 aliphatic carbocycles. The van der Waals surface area contributed by atoms with Crippen molar-refractivity contribution in [3.05, 3.63) is 66.0 Å². The minimum atomic E-state index is -1.16. The van der Waals surface area contributed by atoms with Crippen LogP contribution in [0.25, 0.3) is 0 Å². The van der Waals surface area contributed by atoms with Crippen molar-refractivity contribution in [2.75, 3.05) is 25.0 Å². The lowest BCUT2D eigenvalue weighted by Gasteiger charge is -2.33. The Kier molecular flexibility index (Phi) is 4.37. The molecule has 0 aliphatic rings. The van der Waals surface area contributed by atoms with E-state index in [0.717, 1.165) is 5.56 Å². The van der Waals surface area contributed by atoms with E-state index in [0.29, 0.717) is 5.69 Å². The molecule has 0 saturated heterocycles. The number of hydrogen-bond donors (Lipinski definition) is 2. The maximum absolute atomic E-state index is 13.3. The van der Waals surface area contributed by atoms with Gasteiger partial charge in [0.2, 0.25) is 0 Å². The molecule has 2 aromatic rings. The third kappa shape index (κ3) is 3.15. The normalized spacial score (nSPS) is 13.8. The summed E-state index contributed by atoms with van der Waals surface area (Å²) in [6.07, 6.45) is 0. The standard InChI is InChI=1S/C16H19FN2O/c1-19(15-9-5-8-14(17)10-15)12-16(20,11-18)13-6-3-2-4-7-13/h2-10,20H,11-12,18H2,1H3. The molecule has 0 spiro atoms. The van der Waals surface area contributed by atoms with Gasteiger partial charge in [0.1, 0.15) is 11.4 Å². The van der Waals surface area contributed by atoms with Crippen molar-refractivity contribution in [2.45, 2.75) is 5.60 Å². The Labute approximate surface area is 118 Å². The fourth-order valence-corrected chi connectivity index (χ4v) is 2.22. The topological polar surface area (TPSA) is 49.5 Å². The van der Waals surface area contributed by atoms with Crippen LogP contribution in [-0.4, -0.2) is 25.2 Å². The summed E-state index contributed by atoms with van der Waals surface area (Å²) in [6.45, 7) is 0.383. The molecule has 0 heterocycles. The van der Waals surface area contributed by atoms with Crippen molar-refractivity contribution in [3.8, 4) is 0 Å². The summed E-state index contributed by atoms with van der Waals surface area (Å²) in [6, 6.07) is 15.5. The Morgan fingerprint density at radius 2 is 1.85 bits per heavy atom. The SMILES string of the molecule is CN(CC(O)(CN)c1ccccc1)c1cccc(F)c1. The van der Waals surface area contributed by atoms with Crippen LogP contribution in [0, 0.1) is 5.82 Å². The lowest BCUT2D eigenvalue weighted by molar-refractivity contribution is 0.0543. The quantitative estimate of drug-likeness (QED) is 0.878. The monoisotopic (exact) mass is 274 g/mol. The highest BCUT2D eigenvalue weighted by Crippen LogP contribution is 2.24. The first-order valence-corrected chi connectivity index (χ1v) is 6.50. The van der Waals surface area contributed by atoms with Gasteiger partial charge in [-0.2, -0.15) is 0 Å². The van der Waals surface area contributed by atoms with Gasteiger partial charge in [0.05, 0.1) is 6.54 Å². The molecular weight excluding hydrogens is 255 g/mol. The van der Waals surface area contributed by atoms with Crippen molar-refractivity contribution in [2.24, 2.45) is 5.73 Å². The molecule has 2 rings (SSSR count). The Morgan fingerprint density at radius 3 is 2.45 bits per heavy atom. The van der Waals surface area contributed by atoms with E-state index >= 15 is 0 Å². The van der Waals surface area contributed by atoms with Crippen LogP contribution in [0.1, 0.15) is 5.56 Å². The van der Waals surface area contributed by atoms with Gasteiger partial charge in [0, 0.05) is 19.3 Å². The van der Waals surface area contributed by atoms with Crippen LogP contribution in [0.2, 0.25) is 0 Å². The maximum Gasteiger partial charge on any atom is 0.125 e. The van der Waals surface area contributed by atoms with Crippen LogP contribution < -0.4 is 10.6 Å². The van der Waals surface area contributed by atoms with Crippen LogP contribution in [0.5, 0.6) is 0 Å². The third-order valence-corrected chi connectivity index (χ3v) is 3.40. The second kappa shape index (κ2) is 6.03. The molecule has 4 heteroatoms. The van der Waals surface area contributed by atoms with E-state index in [1.54, 1.807) is 24.1 Å². The fourth-order valence-electron chi connectivity index (χ4n) is 2.22. The predicted molar refractivity (Wildman–Crippen MR) is 79.1 cm³/mol. The van der Waals surface area contributed by atoms with E-state index in [4.69, 9.17) is 5.73 Å². The van der Waals surface area contributed by atoms with Crippen LogP contribution in [-0.2, 0) is 5.60 Å². The summed E-state index contributed by atoms with van der Waals surface area (Å²) in [7, 11) is 1.80. The number of nitrogens with zero attached hydrogens (tertiary/aromatic N) is 1. The fraction of sp³-hybridized carbons (Fsp3) is 0.250. The summed E-state index contributed by atoms with van der Waals surface area (Å²) in [5.74, 6) is -0.301. The second-order valence-corrected chi connectivity index (χ2v) is 4.94. The highest BCUT2D eigenvalue weighted by Gasteiger charge is 2.29. The largest absolute Gasteiger partial charge is 0.382 e. The van der Waals surface area contributed by atoms with E-state index < -0.39 is 5.60 Å². The molecule has 0 aliphatic heterocycles. The van der Waals surface area contributed by atoms with Crippen LogP contribution in [0.4, 0.5) is 10.1 Å². The number of hydrogen-bond acceptors (Lipinski definition) is 3. The first-order chi connectivity index (χ1) is 9.55. The highest BCUT2D eigenvalue weighted by molar-refractivity contribution is 5.46. The number of nitrogens with two attached hydrogens (primary N) is 1. The predicted octanol–water partition coefficient (Wildman–Crippen LogP) is 2.11. The molecule has 0 radical (unpaired) electrons. The Bertz CT molecular complexity index is 561. The first kappa shape index (κ1) is 14.5. The van der Waals surface area contributed by atoms with Gasteiger partial charge in [-0.3, -0.25) is 0 Å². The van der Waals surface area contributed by atoms with Crippen molar-refractivity contribution in [1.29, 1.82) is 0 Å². The van der Waals surface area contributed by atoms with Crippen molar-refractivity contribution < 1.29 is 9.50 Å². The minimum Gasteiger partial charge on any atom is -0.382 e. The zero-order valence-corrected chi connectivity index (χ0v) is 11.5. The number of aliphatic hydroxyl groups is 1. The number of rotatable bonds is 5. The van der Waals surface area contributed by atoms with E-state index in [2.05, 4.69) is 0 Å². The molecule has 3 nitrogen and oxygen atoms in total. The Morgan fingerprint density at radius 1 is 1.15 bits per heavy atom. The molecular formula is C16H19FN2O. The van der Waals surface area contributed by atoms with Crippen LogP contribution in [0.3, 0.4) is 0 Å². The molecule has 1 unspecified atom stereocenters. The van der Waals surface area contributed by atoms with E-state index in [9.17, 15) is 9.50 Å². The van der Waals surface area contributed by atoms with Crippen LogP contribution in [0.15, 0.2) is 54.6 Å². The smallest absolute Gasteiger partial charge is 0.125 e. The Balaban J connectivity index is 2.22. The summed E-state index contributed by atoms with van der Waals surface area (Å²) in [4.78, 5) is 1.79. The number of anilines is 1. The third-order valence-electron chi connectivity index (χ3n) is 3.40. The summed E-state index contributed by atoms with van der Waals surface area (Å²) < 4.78 is 13.3. The van der Waals surface area contributed by atoms with E-state index in [1.165, 1.54) is 12.1 Å². The lowest BCUT2D eigenvalue weighted by Crippen LogP contribution is -2.45. The van der Waals surface area contributed by atoms with Crippen molar-refractivity contribution in [1.82, 2.24) is 0 Å². The number of benzene rings is 2. The average Bonchev–Trinajstić information content (AvgIpc) is 2.48. The molecule has 0 saturated carbocycles. The van der Waals surface area contributed by atoms with Gasteiger partial charge in [-0.1, -0.05) is 36.4 Å². The first-order valence-electron chi connectivity index (χ1n) is 6.50. The molecule has 1 atom stereocenters.